The Kier molecular flexibility index (Phi) is 5.14. The minimum atomic E-state index is -5.08. The van der Waals surface area contributed by atoms with E-state index in [0.29, 0.717) is 11.3 Å². The molecule has 0 aliphatic carbocycles. The lowest BCUT2D eigenvalue weighted by molar-refractivity contribution is -0.386. The molecule has 1 aromatic carbocycles. The maximum absolute atomic E-state index is 13.3. The fourth-order valence-corrected chi connectivity index (χ4v) is 3.31. The largest absolute Gasteiger partial charge is 0.438 e. The molecule has 0 spiro atoms. The smallest absolute Gasteiger partial charge is 0.362 e. The number of nitro groups is 1. The zero-order chi connectivity index (χ0) is 22.4. The van der Waals surface area contributed by atoms with Gasteiger partial charge >= 0.3 is 11.9 Å². The summed E-state index contributed by atoms with van der Waals surface area (Å²) in [4.78, 5) is 23.1. The van der Waals surface area contributed by atoms with Gasteiger partial charge in [0.15, 0.2) is 0 Å². The van der Waals surface area contributed by atoms with Gasteiger partial charge < -0.3 is 5.11 Å². The van der Waals surface area contributed by atoms with E-state index < -0.39 is 29.2 Å². The van der Waals surface area contributed by atoms with Crippen LogP contribution >= 0.6 is 0 Å². The number of rotatable bonds is 4. The molecule has 9 nitrogen and oxygen atoms in total. The van der Waals surface area contributed by atoms with Crippen LogP contribution in [-0.4, -0.2) is 48.3 Å². The fraction of sp³-hybridized carbons (Fsp3) is 0.389. The molecular weight excluding hydrogens is 407 g/mol. The van der Waals surface area contributed by atoms with Crippen molar-refractivity contribution in [1.82, 2.24) is 14.8 Å². The first-order valence-corrected chi connectivity index (χ1v) is 8.80. The normalized spacial score (nSPS) is 19.2. The van der Waals surface area contributed by atoms with Gasteiger partial charge in [0.1, 0.15) is 11.4 Å². The van der Waals surface area contributed by atoms with Crippen LogP contribution in [-0.2, 0) is 6.54 Å². The Morgan fingerprint density at radius 2 is 1.87 bits per heavy atom. The molecule has 3 rings (SSSR count). The summed E-state index contributed by atoms with van der Waals surface area (Å²) in [7, 11) is 0. The molecule has 160 valence electrons. The van der Waals surface area contributed by atoms with Gasteiger partial charge in [0.2, 0.25) is 0 Å². The Morgan fingerprint density at radius 1 is 1.27 bits per heavy atom. The first-order chi connectivity index (χ1) is 13.8. The molecule has 1 N–H and O–H groups in total. The van der Waals surface area contributed by atoms with E-state index in [4.69, 9.17) is 0 Å². The summed E-state index contributed by atoms with van der Waals surface area (Å²) in [6.07, 6.45) is -5.90. The summed E-state index contributed by atoms with van der Waals surface area (Å²) in [5.41, 5.74) is -2.36. The Morgan fingerprint density at radius 3 is 2.37 bits per heavy atom. The van der Waals surface area contributed by atoms with Crippen LogP contribution in [0.3, 0.4) is 0 Å². The third-order valence-electron chi connectivity index (χ3n) is 4.83. The molecule has 0 saturated carbocycles. The molecule has 0 radical (unpaired) electrons. The summed E-state index contributed by atoms with van der Waals surface area (Å²) in [5.74, 6) is -1.10. The number of aliphatic hydroxyl groups is 1. The molecule has 12 heteroatoms. The molecule has 0 saturated heterocycles. The summed E-state index contributed by atoms with van der Waals surface area (Å²) >= 11 is 0. The fourth-order valence-electron chi connectivity index (χ4n) is 3.31. The third-order valence-corrected chi connectivity index (χ3v) is 4.83. The summed E-state index contributed by atoms with van der Waals surface area (Å²) in [5, 5.41) is 28.9. The minimum absolute atomic E-state index is 0.0223. The molecule has 1 amide bonds. The lowest BCUT2D eigenvalue weighted by Gasteiger charge is -2.32. The van der Waals surface area contributed by atoms with Crippen molar-refractivity contribution >= 4 is 17.3 Å². The number of hydrogen-bond acceptors (Lipinski definition) is 6. The van der Waals surface area contributed by atoms with Crippen LogP contribution < -0.4 is 0 Å². The highest BCUT2D eigenvalue weighted by molar-refractivity contribution is 5.97. The number of nitrogens with zero attached hydrogens (tertiary/aromatic N) is 5. The highest BCUT2D eigenvalue weighted by Crippen LogP contribution is 2.40. The average Bonchev–Trinajstić information content (AvgIpc) is 3.10. The Hall–Kier alpha value is -3.28. The summed E-state index contributed by atoms with van der Waals surface area (Å²) in [6.45, 7) is 4.54. The van der Waals surface area contributed by atoms with Crippen molar-refractivity contribution < 1.29 is 28.0 Å². The minimum Gasteiger partial charge on any atom is -0.362 e. The van der Waals surface area contributed by atoms with E-state index in [1.165, 1.54) is 42.8 Å². The molecule has 2 aromatic rings. The van der Waals surface area contributed by atoms with Crippen molar-refractivity contribution in [3.05, 3.63) is 56.9 Å². The summed E-state index contributed by atoms with van der Waals surface area (Å²) < 4.78 is 41.3. The van der Waals surface area contributed by atoms with Crippen LogP contribution in [0, 0.1) is 24.0 Å². The van der Waals surface area contributed by atoms with Crippen LogP contribution in [0.5, 0.6) is 0 Å². The van der Waals surface area contributed by atoms with E-state index in [1.54, 1.807) is 6.92 Å². The standard InChI is InChI=1S/C18H18F3N5O4/c1-10-8-17(28,18(19,20)21)25(22-10)16(27)14-6-4-13(5-7-14)9-24-12(3)15(26(29)30)11(2)23-24/h4-7,28H,8-9H2,1-3H3/t17-/m0/s1. The second-order valence-corrected chi connectivity index (χ2v) is 7.07. The topological polar surface area (TPSA) is 114 Å². The number of alkyl halides is 3. The zero-order valence-corrected chi connectivity index (χ0v) is 16.3. The number of carbonyl (C=O) groups is 1. The number of carbonyl (C=O) groups excluding carboxylic acids is 1. The number of halogens is 3. The van der Waals surface area contributed by atoms with Crippen LogP contribution in [0.1, 0.15) is 40.7 Å². The summed E-state index contributed by atoms with van der Waals surface area (Å²) in [6, 6.07) is 5.60. The second kappa shape index (κ2) is 7.20. The predicted molar refractivity (Wildman–Crippen MR) is 98.8 cm³/mol. The van der Waals surface area contributed by atoms with E-state index in [2.05, 4.69) is 10.2 Å². The van der Waals surface area contributed by atoms with Crippen LogP contribution in [0.15, 0.2) is 29.4 Å². The maximum Gasteiger partial charge on any atom is 0.438 e. The highest BCUT2D eigenvalue weighted by Gasteiger charge is 2.62. The molecule has 1 aromatic heterocycles. The quantitative estimate of drug-likeness (QED) is 0.598. The van der Waals surface area contributed by atoms with Gasteiger partial charge in [-0.15, -0.1) is 0 Å². The number of aromatic nitrogens is 2. The van der Waals surface area contributed by atoms with Gasteiger partial charge in [-0.2, -0.15) is 28.4 Å². The number of hydrazone groups is 1. The second-order valence-electron chi connectivity index (χ2n) is 7.07. The first-order valence-electron chi connectivity index (χ1n) is 8.80. The van der Waals surface area contributed by atoms with Gasteiger partial charge in [-0.3, -0.25) is 19.6 Å². The molecule has 0 fully saturated rings. The number of hydrogen-bond donors (Lipinski definition) is 1. The maximum atomic E-state index is 13.3. The molecule has 0 unspecified atom stereocenters. The Balaban J connectivity index is 1.83. The Bertz CT molecular complexity index is 1050. The van der Waals surface area contributed by atoms with Gasteiger partial charge in [-0.25, -0.2) is 0 Å². The van der Waals surface area contributed by atoms with Gasteiger partial charge in [-0.05, 0) is 38.5 Å². The monoisotopic (exact) mass is 425 g/mol. The number of benzene rings is 1. The van der Waals surface area contributed by atoms with Crippen LogP contribution in [0.25, 0.3) is 0 Å². The van der Waals surface area contributed by atoms with Crippen molar-refractivity contribution in [3.8, 4) is 0 Å². The van der Waals surface area contributed by atoms with Crippen molar-refractivity contribution in [3.63, 3.8) is 0 Å². The molecular formula is C18H18F3N5O4. The Labute approximate surface area is 168 Å². The zero-order valence-electron chi connectivity index (χ0n) is 16.3. The van der Waals surface area contributed by atoms with Gasteiger partial charge in [0, 0.05) is 17.7 Å². The average molecular weight is 425 g/mol. The van der Waals surface area contributed by atoms with Crippen molar-refractivity contribution in [2.45, 2.75) is 45.6 Å². The lowest BCUT2D eigenvalue weighted by atomic mass is 10.1. The van der Waals surface area contributed by atoms with E-state index in [0.717, 1.165) is 0 Å². The van der Waals surface area contributed by atoms with Crippen LogP contribution in [0.4, 0.5) is 18.9 Å². The molecule has 30 heavy (non-hydrogen) atoms. The number of aryl methyl sites for hydroxylation is 1. The molecule has 2 heterocycles. The van der Waals surface area contributed by atoms with Gasteiger partial charge in [-0.1, -0.05) is 12.1 Å². The predicted octanol–water partition coefficient (Wildman–Crippen LogP) is 2.93. The third kappa shape index (κ3) is 3.54. The molecule has 1 aliphatic heterocycles. The SMILES string of the molecule is CC1=NN(C(=O)c2ccc(Cn3nc(C)c([N+](=O)[O-])c3C)cc2)[C@@](O)(C(F)(F)F)C1. The lowest BCUT2D eigenvalue weighted by Crippen LogP contribution is -2.56. The highest BCUT2D eigenvalue weighted by atomic mass is 19.4. The van der Waals surface area contributed by atoms with E-state index in [-0.39, 0.29) is 34.2 Å². The van der Waals surface area contributed by atoms with E-state index in [1.807, 2.05) is 0 Å². The van der Waals surface area contributed by atoms with Crippen molar-refractivity contribution in [1.29, 1.82) is 0 Å². The van der Waals surface area contributed by atoms with Gasteiger partial charge in [0.25, 0.3) is 11.6 Å². The van der Waals surface area contributed by atoms with Crippen molar-refractivity contribution in [2.75, 3.05) is 0 Å². The van der Waals surface area contributed by atoms with E-state index >= 15 is 0 Å². The first kappa shape index (κ1) is 21.4. The molecule has 1 aliphatic rings. The molecule has 0 bridgehead atoms. The van der Waals surface area contributed by atoms with Crippen molar-refractivity contribution in [2.24, 2.45) is 5.10 Å². The van der Waals surface area contributed by atoms with E-state index in [9.17, 15) is 33.2 Å². The number of amides is 1. The van der Waals surface area contributed by atoms with Gasteiger partial charge in [0.05, 0.1) is 11.5 Å². The van der Waals surface area contributed by atoms with Crippen LogP contribution in [0.2, 0.25) is 0 Å². The molecule has 1 atom stereocenters.